The third kappa shape index (κ3) is 5.76. The lowest BCUT2D eigenvalue weighted by Gasteiger charge is -2.43. The van der Waals surface area contributed by atoms with Gasteiger partial charge in [-0.3, -0.25) is 19.2 Å². The van der Waals surface area contributed by atoms with Crippen LogP contribution in [0.5, 0.6) is 0 Å². The molecule has 0 bridgehead atoms. The number of nitrogens with zero attached hydrogens (tertiary/aromatic N) is 2. The smallest absolute Gasteiger partial charge is 0.330 e. The first kappa shape index (κ1) is 31.9. The third-order valence-electron chi connectivity index (χ3n) is 8.78. The van der Waals surface area contributed by atoms with Crippen LogP contribution in [0.2, 0.25) is 5.04 Å². The van der Waals surface area contributed by atoms with Crippen LogP contribution in [-0.2, 0) is 23.5 Å². The number of aliphatic hydroxyl groups is 1. The SMILES string of the molecule is CC1(C)O[C@@H]2[C@H](O1)[C@@H](CO[Si](c1ccccc1)(c1ccccc1)C(C)(C)C)O[C@H]2N1O[C@H](n2cc(F)c(=O)[nH]c2=O)C[C@@H]1CO. The highest BCUT2D eigenvalue weighted by Gasteiger charge is 2.60. The maximum atomic E-state index is 14.1. The highest BCUT2D eigenvalue weighted by atomic mass is 28.4. The molecule has 0 aliphatic carbocycles. The first-order valence-electron chi connectivity index (χ1n) is 15.2. The predicted octanol–water partition coefficient (Wildman–Crippen LogP) is 1.99. The van der Waals surface area contributed by atoms with Gasteiger partial charge in [-0.05, 0) is 29.3 Å². The van der Waals surface area contributed by atoms with E-state index in [1.807, 2.05) is 55.2 Å². The molecule has 0 spiro atoms. The maximum Gasteiger partial charge on any atom is 0.330 e. The summed E-state index contributed by atoms with van der Waals surface area (Å²) in [5, 5.41) is 13.8. The second-order valence-corrected chi connectivity index (χ2v) is 17.5. The van der Waals surface area contributed by atoms with Crippen LogP contribution in [-0.4, -0.2) is 77.6 Å². The molecule has 3 aliphatic rings. The summed E-state index contributed by atoms with van der Waals surface area (Å²) in [4.78, 5) is 32.2. The summed E-state index contributed by atoms with van der Waals surface area (Å²) in [6, 6.07) is 20.0. The minimum Gasteiger partial charge on any atom is -0.405 e. The molecule has 13 heteroatoms. The number of hydroxylamine groups is 2. The quantitative estimate of drug-likeness (QED) is 0.356. The summed E-state index contributed by atoms with van der Waals surface area (Å²) in [6.45, 7) is 10.1. The van der Waals surface area contributed by atoms with Gasteiger partial charge in [0.2, 0.25) is 5.82 Å². The van der Waals surface area contributed by atoms with Gasteiger partial charge in [0.05, 0.1) is 25.5 Å². The second-order valence-electron chi connectivity index (χ2n) is 13.2. The molecule has 2 N–H and O–H groups in total. The number of rotatable bonds is 8. The van der Waals surface area contributed by atoms with E-state index in [2.05, 4.69) is 45.0 Å². The van der Waals surface area contributed by atoms with Crippen LogP contribution in [0.15, 0.2) is 76.4 Å². The van der Waals surface area contributed by atoms with E-state index < -0.39 is 68.0 Å². The average molecular weight is 642 g/mol. The van der Waals surface area contributed by atoms with Gasteiger partial charge in [0.15, 0.2) is 18.2 Å². The Balaban J connectivity index is 1.31. The van der Waals surface area contributed by atoms with Crippen molar-refractivity contribution < 1.29 is 33.0 Å². The minimum atomic E-state index is -2.91. The largest absolute Gasteiger partial charge is 0.405 e. The topological polar surface area (TPSA) is 124 Å². The lowest BCUT2D eigenvalue weighted by molar-refractivity contribution is -0.296. The first-order valence-corrected chi connectivity index (χ1v) is 17.1. The highest BCUT2D eigenvalue weighted by Crippen LogP contribution is 2.44. The van der Waals surface area contributed by atoms with Gasteiger partial charge in [-0.2, -0.15) is 4.39 Å². The van der Waals surface area contributed by atoms with E-state index in [1.54, 1.807) is 0 Å². The third-order valence-corrected chi connectivity index (χ3v) is 13.8. The van der Waals surface area contributed by atoms with E-state index in [-0.39, 0.29) is 24.7 Å². The Morgan fingerprint density at radius 2 is 1.62 bits per heavy atom. The molecule has 4 heterocycles. The Bertz CT molecular complexity index is 1570. The molecule has 45 heavy (non-hydrogen) atoms. The van der Waals surface area contributed by atoms with E-state index in [0.717, 1.165) is 21.1 Å². The molecule has 0 saturated carbocycles. The summed E-state index contributed by atoms with van der Waals surface area (Å²) < 4.78 is 41.5. The second kappa shape index (κ2) is 12.0. The lowest BCUT2D eigenvalue weighted by atomic mass is 10.1. The van der Waals surface area contributed by atoms with Gasteiger partial charge in [0.25, 0.3) is 13.9 Å². The molecule has 242 valence electrons. The van der Waals surface area contributed by atoms with Crippen LogP contribution in [0, 0.1) is 5.82 Å². The number of benzene rings is 2. The lowest BCUT2D eigenvalue weighted by Crippen LogP contribution is -2.67. The molecule has 0 amide bonds. The van der Waals surface area contributed by atoms with E-state index in [4.69, 9.17) is 23.5 Å². The fraction of sp³-hybridized carbons (Fsp3) is 0.500. The van der Waals surface area contributed by atoms with Gasteiger partial charge < -0.3 is 23.7 Å². The summed E-state index contributed by atoms with van der Waals surface area (Å²) in [5.41, 5.74) is -1.94. The fourth-order valence-corrected chi connectivity index (χ4v) is 11.4. The van der Waals surface area contributed by atoms with Gasteiger partial charge in [0, 0.05) is 6.42 Å². The minimum absolute atomic E-state index is 0.132. The molecule has 3 aromatic rings. The summed E-state index contributed by atoms with van der Waals surface area (Å²) in [5.74, 6) is -2.05. The molecule has 6 atom stereocenters. The molecule has 3 aliphatic heterocycles. The van der Waals surface area contributed by atoms with Crippen LogP contribution >= 0.6 is 0 Å². The van der Waals surface area contributed by atoms with Gasteiger partial charge >= 0.3 is 5.69 Å². The zero-order valence-electron chi connectivity index (χ0n) is 26.0. The maximum absolute atomic E-state index is 14.1. The van der Waals surface area contributed by atoms with Gasteiger partial charge in [-0.1, -0.05) is 81.4 Å². The molecular weight excluding hydrogens is 601 g/mol. The molecule has 2 aromatic carbocycles. The van der Waals surface area contributed by atoms with Crippen molar-refractivity contribution in [3.8, 4) is 0 Å². The molecule has 3 fully saturated rings. The first-order chi connectivity index (χ1) is 21.3. The van der Waals surface area contributed by atoms with Crippen molar-refractivity contribution in [1.82, 2.24) is 14.6 Å². The Kier molecular flexibility index (Phi) is 8.50. The number of aromatic amines is 1. The summed E-state index contributed by atoms with van der Waals surface area (Å²) in [6.07, 6.45) is -2.62. The molecule has 1 aromatic heterocycles. The van der Waals surface area contributed by atoms with Crippen LogP contribution < -0.4 is 21.6 Å². The normalized spacial score (nSPS) is 28.4. The van der Waals surface area contributed by atoms with Crippen molar-refractivity contribution in [2.45, 2.75) is 88.7 Å². The number of nitrogens with one attached hydrogen (secondary N) is 1. The molecule has 11 nitrogen and oxygen atoms in total. The number of aliphatic hydroxyl groups excluding tert-OH is 1. The average Bonchev–Trinajstić information content (AvgIpc) is 3.66. The number of fused-ring (bicyclic) bond motifs is 1. The number of aromatic nitrogens is 2. The number of H-pyrrole nitrogens is 1. The van der Waals surface area contributed by atoms with Gasteiger partial charge in [-0.25, -0.2) is 4.79 Å². The fourth-order valence-electron chi connectivity index (χ4n) is 6.83. The number of ether oxygens (including phenoxy) is 3. The van der Waals surface area contributed by atoms with E-state index in [1.165, 1.54) is 5.06 Å². The molecule has 6 rings (SSSR count). The molecule has 0 unspecified atom stereocenters. The van der Waals surface area contributed by atoms with Crippen molar-refractivity contribution in [2.75, 3.05) is 13.2 Å². The van der Waals surface area contributed by atoms with Gasteiger partial charge in [0.1, 0.15) is 18.3 Å². The number of hydrogen-bond acceptors (Lipinski definition) is 9. The zero-order chi connectivity index (χ0) is 32.1. The molecular formula is C32H40FN3O8Si. The van der Waals surface area contributed by atoms with Crippen LogP contribution in [0.3, 0.4) is 0 Å². The monoisotopic (exact) mass is 641 g/mol. The Morgan fingerprint density at radius 3 is 2.20 bits per heavy atom. The Hall–Kier alpha value is -3.01. The Labute approximate surface area is 261 Å². The number of halogens is 1. The van der Waals surface area contributed by atoms with E-state index in [0.29, 0.717) is 0 Å². The van der Waals surface area contributed by atoms with E-state index in [9.17, 15) is 19.1 Å². The molecule has 0 radical (unpaired) electrons. The highest BCUT2D eigenvalue weighted by molar-refractivity contribution is 6.99. The zero-order valence-corrected chi connectivity index (χ0v) is 27.0. The summed E-state index contributed by atoms with van der Waals surface area (Å²) >= 11 is 0. The van der Waals surface area contributed by atoms with Gasteiger partial charge in [-0.15, -0.1) is 5.06 Å². The van der Waals surface area contributed by atoms with Crippen molar-refractivity contribution in [2.24, 2.45) is 0 Å². The van der Waals surface area contributed by atoms with Crippen LogP contribution in [0.1, 0.15) is 47.3 Å². The van der Waals surface area contributed by atoms with Crippen molar-refractivity contribution >= 4 is 18.7 Å². The van der Waals surface area contributed by atoms with Crippen molar-refractivity contribution in [3.63, 3.8) is 0 Å². The van der Waals surface area contributed by atoms with Crippen molar-refractivity contribution in [1.29, 1.82) is 0 Å². The van der Waals surface area contributed by atoms with Crippen LogP contribution in [0.4, 0.5) is 4.39 Å². The van der Waals surface area contributed by atoms with Crippen molar-refractivity contribution in [3.05, 3.63) is 93.5 Å². The van der Waals surface area contributed by atoms with Crippen LogP contribution in [0.25, 0.3) is 0 Å². The standard InChI is InChI=1S/C32H40FN3O8Si/c1-31(2,3)45(21-12-8-6-9-13-21,22-14-10-7-11-15-22)40-19-24-26-27(43-32(4,5)42-26)29(41-24)36-20(18-37)16-25(44-36)35-17-23(33)28(38)34-30(35)39/h6-15,17,20,24-27,29,37H,16,18-19H2,1-5H3,(H,34,38,39)/t20-,24-,25+,26-,27-,29-/m1/s1. The Morgan fingerprint density at radius 1 is 1.02 bits per heavy atom. The predicted molar refractivity (Wildman–Crippen MR) is 165 cm³/mol. The summed E-state index contributed by atoms with van der Waals surface area (Å²) in [7, 11) is -2.91. The van der Waals surface area contributed by atoms with E-state index >= 15 is 0 Å². The molecule has 3 saturated heterocycles. The number of hydrogen-bond donors (Lipinski definition) is 2.